The zero-order chi connectivity index (χ0) is 27.9. The Balaban J connectivity index is 1.52. The van der Waals surface area contributed by atoms with E-state index < -0.39 is 5.41 Å². The Morgan fingerprint density at radius 2 is 1.71 bits per heavy atom. The van der Waals surface area contributed by atoms with Crippen LogP contribution in [0.25, 0.3) is 0 Å². The minimum Gasteiger partial charge on any atom is -0.504 e. The number of ketones is 1. The molecular weight excluding hydrogens is 472 g/mol. The van der Waals surface area contributed by atoms with E-state index in [0.29, 0.717) is 24.0 Å². The maximum Gasteiger partial charge on any atom is 0.311 e. The monoisotopic (exact) mass is 520 g/mol. The van der Waals surface area contributed by atoms with Gasteiger partial charge >= 0.3 is 5.97 Å². The van der Waals surface area contributed by atoms with E-state index in [1.165, 1.54) is 5.57 Å². The lowest BCUT2D eigenvalue weighted by molar-refractivity contribution is -0.182. The fourth-order valence-electron chi connectivity index (χ4n) is 9.20. The van der Waals surface area contributed by atoms with Gasteiger partial charge in [-0.1, -0.05) is 59.3 Å². The lowest BCUT2D eigenvalue weighted by atomic mass is 9.34. The van der Waals surface area contributed by atoms with Crippen molar-refractivity contribution in [1.29, 1.82) is 0 Å². The first kappa shape index (κ1) is 27.5. The molecule has 5 rings (SSSR count). The van der Waals surface area contributed by atoms with Crippen LogP contribution in [0, 0.1) is 38.9 Å². The number of carbonyl (C=O) groups excluding carboxylic acids is 2. The number of aliphatic hydroxyl groups excluding tert-OH is 1. The highest BCUT2D eigenvalue weighted by molar-refractivity contribution is 6.06. The van der Waals surface area contributed by atoms with Gasteiger partial charge in [0.15, 0.2) is 5.76 Å². The summed E-state index contributed by atoms with van der Waals surface area (Å²) in [7, 11) is 0. The van der Waals surface area contributed by atoms with Gasteiger partial charge in [-0.25, -0.2) is 0 Å². The van der Waals surface area contributed by atoms with Gasteiger partial charge in [0.25, 0.3) is 0 Å². The number of hydrogen-bond donors (Lipinski definition) is 1. The number of ether oxygens (including phenoxy) is 1. The second-order valence-electron chi connectivity index (χ2n) is 14.9. The molecule has 0 radical (unpaired) electrons. The van der Waals surface area contributed by atoms with E-state index in [0.717, 1.165) is 62.5 Å². The molecule has 0 bridgehead atoms. The van der Waals surface area contributed by atoms with E-state index in [1.54, 1.807) is 6.08 Å². The molecule has 3 saturated carbocycles. The fourth-order valence-corrected chi connectivity index (χ4v) is 9.20. The van der Waals surface area contributed by atoms with Crippen LogP contribution >= 0.6 is 0 Å². The topological polar surface area (TPSA) is 63.6 Å². The highest BCUT2D eigenvalue weighted by Crippen LogP contribution is 2.75. The first-order valence-corrected chi connectivity index (χ1v) is 14.9. The van der Waals surface area contributed by atoms with Gasteiger partial charge in [0.1, 0.15) is 0 Å². The van der Waals surface area contributed by atoms with Crippen LogP contribution in [0.15, 0.2) is 46.3 Å². The lowest BCUT2D eigenvalue weighted by Crippen LogP contribution is -2.62. The second kappa shape index (κ2) is 8.70. The quantitative estimate of drug-likeness (QED) is 0.379. The van der Waals surface area contributed by atoms with Crippen molar-refractivity contribution in [2.45, 2.75) is 107 Å². The molecule has 0 saturated heterocycles. The molecule has 38 heavy (non-hydrogen) atoms. The Kier molecular flexibility index (Phi) is 6.29. The molecular formula is C34H48O4. The highest BCUT2D eigenvalue weighted by atomic mass is 16.5. The zero-order valence-corrected chi connectivity index (χ0v) is 24.9. The predicted octanol–water partition coefficient (Wildman–Crippen LogP) is 8.20. The Bertz CT molecular complexity index is 1200. The summed E-state index contributed by atoms with van der Waals surface area (Å²) in [5, 5.41) is 10.4. The molecule has 6 atom stereocenters. The van der Waals surface area contributed by atoms with Crippen LogP contribution in [0.1, 0.15) is 107 Å². The number of aliphatic hydroxyl groups is 1. The third kappa shape index (κ3) is 3.68. The van der Waals surface area contributed by atoms with Gasteiger partial charge in [-0.15, -0.1) is 0 Å². The smallest absolute Gasteiger partial charge is 0.311 e. The largest absolute Gasteiger partial charge is 0.504 e. The number of rotatable bonds is 4. The van der Waals surface area contributed by atoms with Crippen molar-refractivity contribution >= 4 is 11.8 Å². The maximum absolute atomic E-state index is 13.4. The van der Waals surface area contributed by atoms with Crippen LogP contribution in [0.3, 0.4) is 0 Å². The van der Waals surface area contributed by atoms with E-state index in [-0.39, 0.29) is 39.2 Å². The summed E-state index contributed by atoms with van der Waals surface area (Å²) in [6.45, 7) is 18.6. The molecule has 208 valence electrons. The van der Waals surface area contributed by atoms with Crippen LogP contribution in [-0.4, -0.2) is 23.5 Å². The van der Waals surface area contributed by atoms with Gasteiger partial charge in [0.2, 0.25) is 5.78 Å². The summed E-state index contributed by atoms with van der Waals surface area (Å²) in [6.07, 6.45) is 14.2. The van der Waals surface area contributed by atoms with E-state index in [1.807, 2.05) is 6.92 Å². The van der Waals surface area contributed by atoms with Crippen molar-refractivity contribution in [1.82, 2.24) is 0 Å². The summed E-state index contributed by atoms with van der Waals surface area (Å²) in [5.74, 6) is 0.548. The molecule has 4 nitrogen and oxygen atoms in total. The molecule has 0 spiro atoms. The molecule has 4 heteroatoms. The van der Waals surface area contributed by atoms with Crippen LogP contribution in [0.5, 0.6) is 0 Å². The van der Waals surface area contributed by atoms with Gasteiger partial charge in [0.05, 0.1) is 12.0 Å². The molecule has 0 amide bonds. The van der Waals surface area contributed by atoms with Crippen LogP contribution < -0.4 is 0 Å². The molecule has 3 fully saturated rings. The molecule has 0 aliphatic heterocycles. The second-order valence-corrected chi connectivity index (χ2v) is 14.9. The van der Waals surface area contributed by atoms with Gasteiger partial charge < -0.3 is 9.84 Å². The number of carbonyl (C=O) groups is 2. The first-order valence-electron chi connectivity index (χ1n) is 14.9. The number of allylic oxidation sites excluding steroid dienone is 7. The van der Waals surface area contributed by atoms with Crippen molar-refractivity contribution in [3.63, 3.8) is 0 Å². The Morgan fingerprint density at radius 3 is 2.39 bits per heavy atom. The minimum absolute atomic E-state index is 0.00544. The van der Waals surface area contributed by atoms with Gasteiger partial charge in [-0.2, -0.15) is 0 Å². The van der Waals surface area contributed by atoms with E-state index in [9.17, 15) is 14.7 Å². The van der Waals surface area contributed by atoms with Crippen molar-refractivity contribution in [3.05, 3.63) is 46.3 Å². The van der Waals surface area contributed by atoms with Crippen molar-refractivity contribution in [2.24, 2.45) is 38.9 Å². The Labute approximate surface area is 229 Å². The fraction of sp³-hybridized carbons (Fsp3) is 0.706. The standard InChI is InChI=1S/C34H48O4/c1-21(2)11-18-38-29(37)31(5)13-12-30(4)14-16-33(7)26-10-9-23-22(3)28(36)25(35)19-24(23)32(26,6)15-17-34(33,8)27(30)20-31/h9-10,19,21,27,36H,11-18,20H2,1-8H3/t27-,30-,31-,32+,33-,34+/m1/s1. The SMILES string of the molecule is CC1=C(O)C(=O)C=C2C1=CC=C1[C@@]2(C)CC[C@@]2(C)[C@@H]3C[C@](C)(C(=O)OCCC(C)C)CC[C@]3(C)CC[C@]12C. The van der Waals surface area contributed by atoms with E-state index in [4.69, 9.17) is 4.74 Å². The van der Waals surface area contributed by atoms with Gasteiger partial charge in [-0.3, -0.25) is 9.59 Å². The average molecular weight is 521 g/mol. The average Bonchev–Trinajstić information content (AvgIpc) is 2.85. The third-order valence-electron chi connectivity index (χ3n) is 12.3. The third-order valence-corrected chi connectivity index (χ3v) is 12.3. The van der Waals surface area contributed by atoms with Crippen LogP contribution in [0.4, 0.5) is 0 Å². The summed E-state index contributed by atoms with van der Waals surface area (Å²) >= 11 is 0. The Morgan fingerprint density at radius 1 is 1.03 bits per heavy atom. The van der Waals surface area contributed by atoms with Crippen LogP contribution in [-0.2, 0) is 14.3 Å². The van der Waals surface area contributed by atoms with Crippen molar-refractivity contribution in [2.75, 3.05) is 6.61 Å². The summed E-state index contributed by atoms with van der Waals surface area (Å²) in [4.78, 5) is 26.1. The zero-order valence-electron chi connectivity index (χ0n) is 24.9. The molecule has 5 aliphatic rings. The molecule has 1 N–H and O–H groups in total. The number of hydrogen-bond acceptors (Lipinski definition) is 4. The van der Waals surface area contributed by atoms with Gasteiger partial charge in [0, 0.05) is 11.0 Å². The summed E-state index contributed by atoms with van der Waals surface area (Å²) in [5.41, 5.74) is 3.79. The molecule has 5 aliphatic carbocycles. The molecule has 0 aromatic heterocycles. The normalized spacial score (nSPS) is 42.3. The lowest BCUT2D eigenvalue weighted by Gasteiger charge is -2.70. The van der Waals surface area contributed by atoms with Crippen molar-refractivity contribution < 1.29 is 19.4 Å². The maximum atomic E-state index is 13.4. The van der Waals surface area contributed by atoms with E-state index in [2.05, 4.69) is 60.6 Å². The first-order chi connectivity index (χ1) is 17.6. The molecule has 0 aromatic carbocycles. The van der Waals surface area contributed by atoms with Crippen molar-refractivity contribution in [3.8, 4) is 0 Å². The predicted molar refractivity (Wildman–Crippen MR) is 151 cm³/mol. The molecule has 0 heterocycles. The van der Waals surface area contributed by atoms with E-state index >= 15 is 0 Å². The Hall–Kier alpha value is -2.10. The minimum atomic E-state index is -0.436. The molecule has 0 unspecified atom stereocenters. The number of esters is 1. The summed E-state index contributed by atoms with van der Waals surface area (Å²) < 4.78 is 5.87. The number of fused-ring (bicyclic) bond motifs is 7. The molecule has 0 aromatic rings. The van der Waals surface area contributed by atoms with Crippen LogP contribution in [0.2, 0.25) is 0 Å². The van der Waals surface area contributed by atoms with Gasteiger partial charge in [-0.05, 0) is 111 Å². The highest BCUT2D eigenvalue weighted by Gasteiger charge is 2.67. The summed E-state index contributed by atoms with van der Waals surface area (Å²) in [6, 6.07) is 0.